The van der Waals surface area contributed by atoms with Crippen LogP contribution in [0.3, 0.4) is 0 Å². The summed E-state index contributed by atoms with van der Waals surface area (Å²) in [6, 6.07) is 11.7. The summed E-state index contributed by atoms with van der Waals surface area (Å²) >= 11 is 0. The number of aryl methyl sites for hydroxylation is 1. The van der Waals surface area contributed by atoms with Gasteiger partial charge in [0.25, 0.3) is 5.91 Å². The van der Waals surface area contributed by atoms with Crippen LogP contribution in [0.15, 0.2) is 48.8 Å². The van der Waals surface area contributed by atoms with Gasteiger partial charge >= 0.3 is 6.01 Å². The lowest BCUT2D eigenvalue weighted by Gasteiger charge is -2.09. The highest BCUT2D eigenvalue weighted by atomic mass is 16.5. The van der Waals surface area contributed by atoms with Gasteiger partial charge in [0.05, 0.1) is 5.56 Å². The molecule has 6 heteroatoms. The number of nitrogens with zero attached hydrogens (tertiary/aromatic N) is 3. The number of benzene rings is 1. The first-order valence-corrected chi connectivity index (χ1v) is 8.66. The number of carbonyl (C=O) groups is 1. The van der Waals surface area contributed by atoms with Crippen LogP contribution in [0.2, 0.25) is 0 Å². The largest absolute Gasteiger partial charge is 0.424 e. The Morgan fingerprint density at radius 2 is 1.85 bits per heavy atom. The van der Waals surface area contributed by atoms with Crippen LogP contribution >= 0.6 is 0 Å². The van der Waals surface area contributed by atoms with Crippen molar-refractivity contribution in [3.05, 3.63) is 65.7 Å². The molecular weight excluding hydrogens is 328 g/mol. The van der Waals surface area contributed by atoms with Crippen LogP contribution < -0.4 is 10.1 Å². The molecule has 26 heavy (non-hydrogen) atoms. The maximum atomic E-state index is 12.6. The first kappa shape index (κ1) is 16.3. The van der Waals surface area contributed by atoms with Crippen LogP contribution in [0.1, 0.15) is 40.6 Å². The summed E-state index contributed by atoms with van der Waals surface area (Å²) in [4.78, 5) is 20.7. The number of anilines is 1. The van der Waals surface area contributed by atoms with Gasteiger partial charge in [-0.2, -0.15) is 0 Å². The summed E-state index contributed by atoms with van der Waals surface area (Å²) in [6.45, 7) is 4.07. The van der Waals surface area contributed by atoms with E-state index in [2.05, 4.69) is 26.8 Å². The molecule has 0 radical (unpaired) electrons. The van der Waals surface area contributed by atoms with Crippen molar-refractivity contribution >= 4 is 11.6 Å². The predicted octanol–water partition coefficient (Wildman–Crippen LogP) is 4.27. The molecule has 6 nitrogen and oxygen atoms in total. The maximum absolute atomic E-state index is 12.6. The minimum atomic E-state index is -0.0925. The molecule has 1 aliphatic rings. The number of hydrogen-bond acceptors (Lipinski definition) is 4. The lowest BCUT2D eigenvalue weighted by Crippen LogP contribution is -2.13. The van der Waals surface area contributed by atoms with Gasteiger partial charge in [0.1, 0.15) is 5.75 Å². The van der Waals surface area contributed by atoms with Crippen molar-refractivity contribution < 1.29 is 9.53 Å². The Hall–Kier alpha value is -3.15. The normalized spacial score (nSPS) is 13.5. The van der Waals surface area contributed by atoms with Crippen LogP contribution in [-0.2, 0) is 0 Å². The standard InChI is InChI=1S/C20H20N4O2/c1-13-12-18(14(2)24(13)16-6-7-16)19(25)23-15-4-8-17(9-5-15)26-20-21-10-3-11-22-20/h3-5,8-12,16H,6-7H2,1-2H3,(H,23,25). The monoisotopic (exact) mass is 348 g/mol. The van der Waals surface area contributed by atoms with Gasteiger partial charge in [-0.05, 0) is 63.1 Å². The molecule has 4 rings (SSSR count). The molecule has 0 spiro atoms. The molecule has 132 valence electrons. The van der Waals surface area contributed by atoms with E-state index in [0.717, 1.165) is 17.0 Å². The zero-order valence-electron chi connectivity index (χ0n) is 14.8. The average molecular weight is 348 g/mol. The number of hydrogen-bond donors (Lipinski definition) is 1. The van der Waals surface area contributed by atoms with Crippen molar-refractivity contribution in [2.45, 2.75) is 32.7 Å². The summed E-state index contributed by atoms with van der Waals surface area (Å²) in [7, 11) is 0. The number of carbonyl (C=O) groups excluding carboxylic acids is 1. The number of rotatable bonds is 5. The van der Waals surface area contributed by atoms with Gasteiger partial charge in [-0.25, -0.2) is 9.97 Å². The van der Waals surface area contributed by atoms with Crippen LogP contribution in [-0.4, -0.2) is 20.4 Å². The van der Waals surface area contributed by atoms with Crippen molar-refractivity contribution in [3.8, 4) is 11.8 Å². The van der Waals surface area contributed by atoms with E-state index in [0.29, 0.717) is 17.5 Å². The van der Waals surface area contributed by atoms with Crippen molar-refractivity contribution in [1.82, 2.24) is 14.5 Å². The van der Waals surface area contributed by atoms with Crippen LogP contribution in [0.25, 0.3) is 0 Å². The Morgan fingerprint density at radius 1 is 1.15 bits per heavy atom. The van der Waals surface area contributed by atoms with Crippen molar-refractivity contribution in [1.29, 1.82) is 0 Å². The molecule has 1 aliphatic carbocycles. The van der Waals surface area contributed by atoms with E-state index in [-0.39, 0.29) is 11.9 Å². The third kappa shape index (κ3) is 3.31. The van der Waals surface area contributed by atoms with Gasteiger partial charge in [0.15, 0.2) is 0 Å². The molecule has 1 aromatic carbocycles. The number of nitrogens with one attached hydrogen (secondary N) is 1. The Labute approximate surface area is 151 Å². The van der Waals surface area contributed by atoms with E-state index >= 15 is 0 Å². The second-order valence-electron chi connectivity index (χ2n) is 6.50. The number of ether oxygens (including phenoxy) is 1. The Balaban J connectivity index is 1.46. The fraction of sp³-hybridized carbons (Fsp3) is 0.250. The summed E-state index contributed by atoms with van der Waals surface area (Å²) in [6.07, 6.45) is 5.64. The van der Waals surface area contributed by atoms with E-state index in [1.165, 1.54) is 12.8 Å². The van der Waals surface area contributed by atoms with E-state index in [9.17, 15) is 4.79 Å². The zero-order chi connectivity index (χ0) is 18.1. The highest BCUT2D eigenvalue weighted by Gasteiger charge is 2.28. The van der Waals surface area contributed by atoms with E-state index in [1.807, 2.05) is 13.0 Å². The SMILES string of the molecule is Cc1cc(C(=O)Nc2ccc(Oc3ncccn3)cc2)c(C)n1C1CC1. The van der Waals surface area contributed by atoms with Gasteiger partial charge in [-0.15, -0.1) is 0 Å². The molecule has 1 N–H and O–H groups in total. The smallest absolute Gasteiger partial charge is 0.321 e. The van der Waals surface area contributed by atoms with Crippen molar-refractivity contribution in [2.24, 2.45) is 0 Å². The second-order valence-corrected chi connectivity index (χ2v) is 6.50. The van der Waals surface area contributed by atoms with E-state index in [1.54, 1.807) is 42.7 Å². The highest BCUT2D eigenvalue weighted by molar-refractivity contribution is 6.05. The number of amides is 1. The molecule has 0 saturated heterocycles. The molecule has 1 saturated carbocycles. The Bertz CT molecular complexity index is 928. The molecule has 0 aliphatic heterocycles. The first-order valence-electron chi connectivity index (χ1n) is 8.66. The van der Waals surface area contributed by atoms with E-state index in [4.69, 9.17) is 4.74 Å². The maximum Gasteiger partial charge on any atom is 0.321 e. The first-order chi connectivity index (χ1) is 12.6. The Kier molecular flexibility index (Phi) is 4.16. The minimum absolute atomic E-state index is 0.0925. The number of aromatic nitrogens is 3. The third-order valence-electron chi connectivity index (χ3n) is 4.50. The molecular formula is C20H20N4O2. The third-order valence-corrected chi connectivity index (χ3v) is 4.50. The summed E-state index contributed by atoms with van der Waals surface area (Å²) in [5.74, 6) is 0.520. The van der Waals surface area contributed by atoms with Gasteiger partial charge in [0.2, 0.25) is 0 Å². The highest BCUT2D eigenvalue weighted by Crippen LogP contribution is 2.38. The molecule has 1 fully saturated rings. The lowest BCUT2D eigenvalue weighted by molar-refractivity contribution is 0.102. The molecule has 0 bridgehead atoms. The van der Waals surface area contributed by atoms with Gasteiger partial charge in [-0.1, -0.05) is 0 Å². The van der Waals surface area contributed by atoms with Crippen molar-refractivity contribution in [2.75, 3.05) is 5.32 Å². The van der Waals surface area contributed by atoms with Crippen molar-refractivity contribution in [3.63, 3.8) is 0 Å². The van der Waals surface area contributed by atoms with Crippen LogP contribution in [0.4, 0.5) is 5.69 Å². The Morgan fingerprint density at radius 3 is 2.50 bits per heavy atom. The molecule has 3 aromatic rings. The molecule has 2 heterocycles. The van der Waals surface area contributed by atoms with Gasteiger partial charge in [-0.3, -0.25) is 4.79 Å². The molecule has 0 unspecified atom stereocenters. The summed E-state index contributed by atoms with van der Waals surface area (Å²) in [5.41, 5.74) is 3.62. The second kappa shape index (κ2) is 6.63. The molecule has 2 aromatic heterocycles. The van der Waals surface area contributed by atoms with Gasteiger partial charge in [0, 0.05) is 35.5 Å². The van der Waals surface area contributed by atoms with E-state index < -0.39 is 0 Å². The summed E-state index contributed by atoms with van der Waals surface area (Å²) in [5, 5.41) is 2.95. The topological polar surface area (TPSA) is 69.0 Å². The lowest BCUT2D eigenvalue weighted by atomic mass is 10.2. The van der Waals surface area contributed by atoms with Crippen LogP contribution in [0, 0.1) is 13.8 Å². The average Bonchev–Trinajstić information content (AvgIpc) is 3.42. The minimum Gasteiger partial charge on any atom is -0.424 e. The van der Waals surface area contributed by atoms with Gasteiger partial charge < -0.3 is 14.6 Å². The van der Waals surface area contributed by atoms with Crippen LogP contribution in [0.5, 0.6) is 11.8 Å². The predicted molar refractivity (Wildman–Crippen MR) is 98.7 cm³/mol. The fourth-order valence-electron chi connectivity index (χ4n) is 3.15. The zero-order valence-corrected chi connectivity index (χ0v) is 14.8. The fourth-order valence-corrected chi connectivity index (χ4v) is 3.15. The quantitative estimate of drug-likeness (QED) is 0.747. The molecule has 1 amide bonds. The molecule has 0 atom stereocenters. The summed E-state index contributed by atoms with van der Waals surface area (Å²) < 4.78 is 7.83.